The first-order chi connectivity index (χ1) is 10.1. The molecular formula is C15H10BF3N2. The van der Waals surface area contributed by atoms with Crippen LogP contribution in [0.4, 0.5) is 13.0 Å². The number of hydrogen-bond donors (Lipinski definition) is 0. The molecule has 0 fully saturated rings. The van der Waals surface area contributed by atoms with Crippen molar-refractivity contribution in [1.82, 2.24) is 4.48 Å². The third kappa shape index (κ3) is 1.59. The van der Waals surface area contributed by atoms with Crippen LogP contribution in [0.5, 0.6) is 0 Å². The highest BCUT2D eigenvalue weighted by Crippen LogP contribution is 2.38. The molecule has 0 atom stereocenters. The fourth-order valence-electron chi connectivity index (χ4n) is 2.93. The number of nitrogens with zero attached hydrogens (tertiary/aromatic N) is 2. The average Bonchev–Trinajstić information content (AvgIpc) is 3.10. The SMILES string of the molecule is Fc1ccc(C2=C3C=CC=[N+]3[B-](F)(F)n3cccc32)cc1. The van der Waals surface area contributed by atoms with Crippen LogP contribution in [0, 0.1) is 5.82 Å². The highest BCUT2D eigenvalue weighted by molar-refractivity contribution is 6.57. The predicted octanol–water partition coefficient (Wildman–Crippen LogP) is 3.28. The van der Waals surface area contributed by atoms with Crippen LogP contribution >= 0.6 is 0 Å². The molecule has 21 heavy (non-hydrogen) atoms. The highest BCUT2D eigenvalue weighted by Gasteiger charge is 2.51. The lowest BCUT2D eigenvalue weighted by atomic mass is 9.86. The molecule has 0 radical (unpaired) electrons. The van der Waals surface area contributed by atoms with Crippen LogP contribution in [0.2, 0.25) is 0 Å². The summed E-state index contributed by atoms with van der Waals surface area (Å²) in [6.07, 6.45) is 6.01. The molecule has 2 aliphatic rings. The molecule has 6 heteroatoms. The van der Waals surface area contributed by atoms with Gasteiger partial charge in [0.25, 0.3) is 0 Å². The Balaban J connectivity index is 2.04. The van der Waals surface area contributed by atoms with Crippen LogP contribution in [0.1, 0.15) is 11.3 Å². The minimum Gasteiger partial charge on any atom is -0.396 e. The number of aromatic nitrogens is 1. The normalized spacial score (nSPS) is 18.5. The summed E-state index contributed by atoms with van der Waals surface area (Å²) in [5.74, 6) is -0.351. The molecule has 3 heterocycles. The van der Waals surface area contributed by atoms with Crippen LogP contribution in [0.15, 0.2) is 60.4 Å². The molecule has 0 saturated heterocycles. The van der Waals surface area contributed by atoms with E-state index in [1.165, 1.54) is 24.5 Å². The van der Waals surface area contributed by atoms with Gasteiger partial charge in [0.2, 0.25) is 0 Å². The molecule has 2 nitrogen and oxygen atoms in total. The van der Waals surface area contributed by atoms with Gasteiger partial charge in [-0.15, -0.1) is 0 Å². The molecule has 0 unspecified atom stereocenters. The van der Waals surface area contributed by atoms with E-state index < -0.39 is 6.97 Å². The Labute approximate surface area is 119 Å². The number of benzene rings is 1. The second kappa shape index (κ2) is 4.01. The molecule has 0 saturated carbocycles. The van der Waals surface area contributed by atoms with E-state index in [-0.39, 0.29) is 5.82 Å². The fourth-order valence-corrected chi connectivity index (χ4v) is 2.93. The lowest BCUT2D eigenvalue weighted by Gasteiger charge is -2.30. The third-order valence-corrected chi connectivity index (χ3v) is 3.87. The lowest BCUT2D eigenvalue weighted by molar-refractivity contribution is -0.356. The summed E-state index contributed by atoms with van der Waals surface area (Å²) in [5.41, 5.74) is 2.27. The number of allylic oxidation sites excluding steroid dienone is 2. The Morgan fingerprint density at radius 1 is 1.05 bits per heavy atom. The first-order valence-electron chi connectivity index (χ1n) is 6.59. The maximum atomic E-state index is 14.5. The maximum absolute atomic E-state index is 14.5. The van der Waals surface area contributed by atoms with Gasteiger partial charge in [-0.2, -0.15) is 0 Å². The third-order valence-electron chi connectivity index (χ3n) is 3.87. The standard InChI is InChI=1S/C15H10BF3N2/c17-12-7-5-11(6-8-12)15-13-3-1-9-20(13)16(18,19)21-10-2-4-14(15)21/h1-10H. The summed E-state index contributed by atoms with van der Waals surface area (Å²) in [6.45, 7) is -3.88. The van der Waals surface area contributed by atoms with Gasteiger partial charge in [-0.3, -0.25) is 0 Å². The highest BCUT2D eigenvalue weighted by atomic mass is 19.2. The molecule has 0 bridgehead atoms. The van der Waals surface area contributed by atoms with E-state index in [0.29, 0.717) is 22.5 Å². The second-order valence-corrected chi connectivity index (χ2v) is 5.07. The topological polar surface area (TPSA) is 7.94 Å². The van der Waals surface area contributed by atoms with Crippen LogP contribution in [0.3, 0.4) is 0 Å². The van der Waals surface area contributed by atoms with Gasteiger partial charge in [-0.1, -0.05) is 12.1 Å². The van der Waals surface area contributed by atoms with Gasteiger partial charge < -0.3 is 17.6 Å². The summed E-state index contributed by atoms with van der Waals surface area (Å²) in [7, 11) is 0. The Morgan fingerprint density at radius 3 is 2.57 bits per heavy atom. The van der Waals surface area contributed by atoms with Crippen molar-refractivity contribution in [1.29, 1.82) is 0 Å². The fraction of sp³-hybridized carbons (Fsp3) is 0. The van der Waals surface area contributed by atoms with Gasteiger partial charge in [0, 0.05) is 17.8 Å². The Hall–Kier alpha value is -2.50. The molecule has 0 aliphatic carbocycles. The number of fused-ring (bicyclic) bond motifs is 2. The molecule has 0 spiro atoms. The zero-order chi connectivity index (χ0) is 14.6. The lowest BCUT2D eigenvalue weighted by Crippen LogP contribution is -2.49. The van der Waals surface area contributed by atoms with Crippen LogP contribution in [-0.2, 0) is 0 Å². The van der Waals surface area contributed by atoms with Gasteiger partial charge in [0.1, 0.15) is 12.0 Å². The van der Waals surface area contributed by atoms with Crippen LogP contribution in [0.25, 0.3) is 5.57 Å². The largest absolute Gasteiger partial charge is 0.737 e. The van der Waals surface area contributed by atoms with Crippen molar-refractivity contribution in [2.24, 2.45) is 0 Å². The van der Waals surface area contributed by atoms with E-state index in [4.69, 9.17) is 0 Å². The van der Waals surface area contributed by atoms with E-state index in [0.717, 1.165) is 8.96 Å². The summed E-state index contributed by atoms with van der Waals surface area (Å²) >= 11 is 0. The molecule has 104 valence electrons. The smallest absolute Gasteiger partial charge is 0.396 e. The Morgan fingerprint density at radius 2 is 1.81 bits per heavy atom. The number of rotatable bonds is 1. The second-order valence-electron chi connectivity index (χ2n) is 5.07. The Kier molecular flexibility index (Phi) is 2.34. The molecule has 4 rings (SSSR count). The average molecular weight is 286 g/mol. The molecular weight excluding hydrogens is 276 g/mol. The predicted molar refractivity (Wildman–Crippen MR) is 75.7 cm³/mol. The molecule has 2 aliphatic heterocycles. The zero-order valence-corrected chi connectivity index (χ0v) is 10.9. The summed E-state index contributed by atoms with van der Waals surface area (Å²) in [5, 5.41) is 0. The van der Waals surface area contributed by atoms with E-state index >= 15 is 0 Å². The molecule has 1 aromatic carbocycles. The van der Waals surface area contributed by atoms with Crippen LogP contribution in [-0.4, -0.2) is 22.1 Å². The van der Waals surface area contributed by atoms with Gasteiger partial charge in [0.05, 0.1) is 5.57 Å². The summed E-state index contributed by atoms with van der Waals surface area (Å²) < 4.78 is 44.1. The van der Waals surface area contributed by atoms with Crippen molar-refractivity contribution in [3.05, 3.63) is 77.5 Å². The van der Waals surface area contributed by atoms with E-state index in [1.807, 2.05) is 0 Å². The van der Waals surface area contributed by atoms with Gasteiger partial charge in [-0.05, 0) is 36.0 Å². The van der Waals surface area contributed by atoms with Crippen molar-refractivity contribution in [2.75, 3.05) is 0 Å². The summed E-state index contributed by atoms with van der Waals surface area (Å²) in [6, 6.07) is 9.14. The minimum atomic E-state index is -3.88. The molecule has 0 amide bonds. The van der Waals surface area contributed by atoms with E-state index in [1.54, 1.807) is 36.4 Å². The van der Waals surface area contributed by atoms with Crippen molar-refractivity contribution in [3.63, 3.8) is 0 Å². The number of halogens is 3. The van der Waals surface area contributed by atoms with Crippen molar-refractivity contribution >= 4 is 18.8 Å². The van der Waals surface area contributed by atoms with Crippen molar-refractivity contribution in [2.45, 2.75) is 0 Å². The van der Waals surface area contributed by atoms with Crippen LogP contribution < -0.4 is 0 Å². The minimum absolute atomic E-state index is 0.351. The zero-order valence-electron chi connectivity index (χ0n) is 10.9. The summed E-state index contributed by atoms with van der Waals surface area (Å²) in [4.78, 5) is 0. The first-order valence-corrected chi connectivity index (χ1v) is 6.59. The quantitative estimate of drug-likeness (QED) is 0.711. The van der Waals surface area contributed by atoms with Gasteiger partial charge in [-0.25, -0.2) is 4.39 Å². The van der Waals surface area contributed by atoms with Gasteiger partial charge in [0.15, 0.2) is 5.70 Å². The molecule has 1 aromatic heterocycles. The van der Waals surface area contributed by atoms with Crippen molar-refractivity contribution < 1.29 is 17.5 Å². The Bertz CT molecular complexity index is 829. The van der Waals surface area contributed by atoms with E-state index in [2.05, 4.69) is 0 Å². The monoisotopic (exact) mass is 286 g/mol. The van der Waals surface area contributed by atoms with E-state index in [9.17, 15) is 13.0 Å². The van der Waals surface area contributed by atoms with Crippen molar-refractivity contribution in [3.8, 4) is 0 Å². The first kappa shape index (κ1) is 12.3. The molecule has 0 N–H and O–H groups in total. The number of hydrogen-bond acceptors (Lipinski definition) is 0. The maximum Gasteiger partial charge on any atom is 0.737 e. The van der Waals surface area contributed by atoms with Gasteiger partial charge >= 0.3 is 6.97 Å². The molecule has 2 aromatic rings.